The van der Waals surface area contributed by atoms with E-state index in [9.17, 15) is 69.9 Å². The quantitative estimate of drug-likeness (QED) is 0.0442. The molecule has 0 fully saturated rings. The molecule has 688 valence electrons. The van der Waals surface area contributed by atoms with Crippen LogP contribution in [0.2, 0.25) is 0 Å². The average molecular weight is 1900 g/mol. The van der Waals surface area contributed by atoms with Gasteiger partial charge in [-0.3, -0.25) is 78.8 Å². The van der Waals surface area contributed by atoms with E-state index < -0.39 is 88.8 Å². The number of benzene rings is 5. The van der Waals surface area contributed by atoms with Crippen molar-refractivity contribution in [3.63, 3.8) is 0 Å². The standard InChI is InChI=1S/2C21H17FN4O2.3C19H15FN4O2S/c1-13-8-9-15-12-26(21(28)18(15)24-13)19(14-5-4-6-16(22)11-14)20(27)25-17-7-2-3-10-23-17;1-13-9-16-17(24-11-13)12-26(21(16)28)19(14-5-4-6-15(22)10-14)20(27)25-18-7-2-3-8-23-18;1-11-7-15-13(9-22-11)10-24(18(15)26)16(12-3-2-4-14(20)8-12)17(25)23-19-21-5-6-27-19;1-11-7-14-15(22-9-11)10-24(18(14)26)16(12-3-2-4-13(20)8-12)17(25)23-19-21-5-6-27-19;1-11-5-6-13-10-24(18(26)15(13)22-11)16(12-3-2-4-14(20)9-12)17(25)23-19-21-7-8-27-19/h2*2-11,19H,12H2,1H3,(H,23,25,27);3*2-9,16H,10H2,1H3,(H,21,23,25). The largest absolute Gasteiger partial charge is 0.318 e. The highest BCUT2D eigenvalue weighted by Gasteiger charge is 2.45. The van der Waals surface area contributed by atoms with Crippen LogP contribution in [-0.2, 0) is 56.7 Å². The van der Waals surface area contributed by atoms with E-state index in [-0.39, 0.29) is 62.3 Å². The molecule has 137 heavy (non-hydrogen) atoms. The van der Waals surface area contributed by atoms with Gasteiger partial charge in [0.25, 0.3) is 59.1 Å². The molecule has 0 radical (unpaired) electrons. The molecule has 0 saturated heterocycles. The molecule has 5 aromatic carbocycles. The Balaban J connectivity index is 0.000000124. The van der Waals surface area contributed by atoms with Gasteiger partial charge in [-0.2, -0.15) is 0 Å². The summed E-state index contributed by atoms with van der Waals surface area (Å²) in [5, 5.41) is 20.0. The highest BCUT2D eigenvalue weighted by Crippen LogP contribution is 2.40. The first kappa shape index (κ1) is 93.6. The van der Waals surface area contributed by atoms with Gasteiger partial charge >= 0.3 is 0 Å². The number of carbonyl (C=O) groups excluding carboxylic acids is 10. The summed E-state index contributed by atoms with van der Waals surface area (Å²) in [6, 6.07) is 46.3. The fraction of sp³-hybridized carbons (Fsp3) is 0.152. The van der Waals surface area contributed by atoms with E-state index in [0.717, 1.165) is 39.2 Å². The second kappa shape index (κ2) is 41.7. The van der Waals surface area contributed by atoms with Crippen molar-refractivity contribution >= 4 is 120 Å². The van der Waals surface area contributed by atoms with Gasteiger partial charge in [-0.15, -0.1) is 34.0 Å². The van der Waals surface area contributed by atoms with Crippen molar-refractivity contribution in [1.29, 1.82) is 0 Å². The number of anilines is 5. The van der Waals surface area contributed by atoms with E-state index in [4.69, 9.17) is 0 Å². The lowest BCUT2D eigenvalue weighted by Crippen LogP contribution is -2.38. The summed E-state index contributed by atoms with van der Waals surface area (Å²) in [5.41, 5.74) is 11.4. The molecule has 5 unspecified atom stereocenters. The van der Waals surface area contributed by atoms with Crippen molar-refractivity contribution < 1.29 is 69.9 Å². The van der Waals surface area contributed by atoms with Crippen LogP contribution < -0.4 is 26.6 Å². The first-order valence-corrected chi connectivity index (χ1v) is 44.9. The van der Waals surface area contributed by atoms with Gasteiger partial charge in [-0.1, -0.05) is 84.9 Å². The third-order valence-electron chi connectivity index (χ3n) is 22.1. The van der Waals surface area contributed by atoms with Gasteiger partial charge in [-0.25, -0.2) is 56.8 Å². The molecule has 30 nitrogen and oxygen atoms in total. The van der Waals surface area contributed by atoms with Crippen molar-refractivity contribution in [2.24, 2.45) is 0 Å². The maximum atomic E-state index is 13.9. The SMILES string of the molecule is Cc1cc2c(cn1)CN(C(C(=O)Nc1nccs1)c1cccc(F)c1)C2=O.Cc1ccc2c(n1)C(=O)N(C(C(=O)Nc1ccccn1)c1cccc(F)c1)C2.Cc1ccc2c(n1)C(=O)N(C(C(=O)Nc1nccs1)c1cccc(F)c1)C2.Cc1cnc2c(c1)C(=O)N(C(C(=O)Nc1ccccn1)c1cccc(F)c1)C2.Cc1cnc2c(c1)C(=O)N(C(C(=O)Nc1nccs1)c1cccc(F)c1)C2. The Morgan fingerprint density at radius 3 is 0.942 bits per heavy atom. The predicted octanol–water partition coefficient (Wildman–Crippen LogP) is 16.5. The maximum absolute atomic E-state index is 13.9. The van der Waals surface area contributed by atoms with Crippen LogP contribution >= 0.6 is 34.0 Å². The number of aryl methyl sites for hydroxylation is 5. The minimum Gasteiger partial charge on any atom is -0.318 e. The number of rotatable bonds is 20. The van der Waals surface area contributed by atoms with Gasteiger partial charge in [0.05, 0.1) is 35.6 Å². The van der Waals surface area contributed by atoms with Gasteiger partial charge in [0.2, 0.25) is 0 Å². The molecule has 10 amide bonds. The molecular weight excluding hydrogens is 1820 g/mol. The minimum atomic E-state index is -1.01. The molecule has 5 aliphatic rings. The number of aromatic nitrogens is 10. The van der Waals surface area contributed by atoms with Crippen molar-refractivity contribution in [1.82, 2.24) is 74.3 Å². The predicted molar refractivity (Wildman–Crippen MR) is 498 cm³/mol. The normalized spacial score (nSPS) is 14.1. The first-order valence-electron chi connectivity index (χ1n) is 42.3. The second-order valence-corrected chi connectivity index (χ2v) is 34.4. The summed E-state index contributed by atoms with van der Waals surface area (Å²) < 4.78 is 69.1. The second-order valence-electron chi connectivity index (χ2n) is 31.8. The minimum absolute atomic E-state index is 0.172. The molecular formula is C99H79F5N20O10S3. The highest BCUT2D eigenvalue weighted by molar-refractivity contribution is 7.14. The lowest BCUT2D eigenvalue weighted by molar-refractivity contribution is -0.121. The number of carbonyl (C=O) groups is 10. The molecule has 0 spiro atoms. The number of pyridine rings is 7. The summed E-state index contributed by atoms with van der Waals surface area (Å²) in [6.07, 6.45) is 12.8. The number of hydrogen-bond acceptors (Lipinski definition) is 23. The Kier molecular flexibility index (Phi) is 28.5. The van der Waals surface area contributed by atoms with E-state index in [1.165, 1.54) is 150 Å². The Morgan fingerprint density at radius 1 is 0.299 bits per heavy atom. The summed E-state index contributed by atoms with van der Waals surface area (Å²) in [7, 11) is 0. The molecule has 15 heterocycles. The third kappa shape index (κ3) is 21.7. The summed E-state index contributed by atoms with van der Waals surface area (Å²) in [4.78, 5) is 179. The van der Waals surface area contributed by atoms with Gasteiger partial charge in [0.15, 0.2) is 15.4 Å². The van der Waals surface area contributed by atoms with E-state index in [0.29, 0.717) is 100 Å². The molecule has 20 rings (SSSR count). The van der Waals surface area contributed by atoms with E-state index in [2.05, 4.69) is 76.4 Å². The molecule has 5 atom stereocenters. The number of amides is 10. The molecule has 0 aliphatic carbocycles. The van der Waals surface area contributed by atoms with Crippen LogP contribution in [0, 0.1) is 63.7 Å². The van der Waals surface area contributed by atoms with Crippen LogP contribution in [0.5, 0.6) is 0 Å². The summed E-state index contributed by atoms with van der Waals surface area (Å²) in [6.45, 7) is 10.1. The van der Waals surface area contributed by atoms with Gasteiger partial charge in [0, 0.05) is 125 Å². The van der Waals surface area contributed by atoms with Crippen molar-refractivity contribution in [3.8, 4) is 0 Å². The van der Waals surface area contributed by atoms with E-state index in [1.807, 2.05) is 38.1 Å². The van der Waals surface area contributed by atoms with Gasteiger partial charge in [-0.05, 0) is 189 Å². The zero-order valence-electron chi connectivity index (χ0n) is 73.2. The first-order chi connectivity index (χ1) is 66.1. The lowest BCUT2D eigenvalue weighted by atomic mass is 10.0. The fourth-order valence-electron chi connectivity index (χ4n) is 15.9. The molecule has 5 aliphatic heterocycles. The molecule has 5 N–H and O–H groups in total. The van der Waals surface area contributed by atoms with E-state index >= 15 is 0 Å². The maximum Gasteiger partial charge on any atom is 0.274 e. The molecule has 38 heteroatoms. The lowest BCUT2D eigenvalue weighted by Gasteiger charge is -2.27. The van der Waals surface area contributed by atoms with Crippen molar-refractivity contribution in [2.75, 3.05) is 26.6 Å². The Hall–Kier alpha value is -16.6. The number of hydrogen-bond donors (Lipinski definition) is 5. The summed E-state index contributed by atoms with van der Waals surface area (Å²) in [5.74, 6) is -5.55. The van der Waals surface area contributed by atoms with Crippen LogP contribution in [0.4, 0.5) is 49.0 Å². The van der Waals surface area contributed by atoms with Crippen LogP contribution in [0.1, 0.15) is 166 Å². The Labute approximate surface area is 790 Å². The number of halogens is 5. The van der Waals surface area contributed by atoms with Crippen molar-refractivity contribution in [2.45, 2.75) is 97.6 Å². The number of fused-ring (bicyclic) bond motifs is 5. The van der Waals surface area contributed by atoms with Crippen LogP contribution in [0.3, 0.4) is 0 Å². The summed E-state index contributed by atoms with van der Waals surface area (Å²) >= 11 is 3.80. The zero-order valence-corrected chi connectivity index (χ0v) is 75.7. The van der Waals surface area contributed by atoms with Crippen LogP contribution in [0.25, 0.3) is 0 Å². The van der Waals surface area contributed by atoms with Crippen LogP contribution in [-0.4, -0.2) is 133 Å². The molecule has 15 aromatic rings. The average Bonchev–Trinajstić information content (AvgIpc) is 1.69. The van der Waals surface area contributed by atoms with E-state index in [1.54, 1.807) is 171 Å². The van der Waals surface area contributed by atoms with Crippen molar-refractivity contribution in [3.05, 3.63) is 407 Å². The molecule has 10 aromatic heterocycles. The zero-order chi connectivity index (χ0) is 96.2. The Bertz CT molecular complexity index is 6560. The number of thiazole rings is 3. The van der Waals surface area contributed by atoms with Gasteiger partial charge in [0.1, 0.15) is 82.3 Å². The van der Waals surface area contributed by atoms with Gasteiger partial charge < -0.3 is 35.1 Å². The number of nitrogens with one attached hydrogen (secondary N) is 5. The third-order valence-corrected chi connectivity index (χ3v) is 24.1. The monoisotopic (exact) mass is 1900 g/mol. The smallest absolute Gasteiger partial charge is 0.274 e. The molecule has 0 bridgehead atoms. The number of nitrogens with zero attached hydrogens (tertiary/aromatic N) is 15. The topological polar surface area (TPSA) is 376 Å². The Morgan fingerprint density at radius 2 is 0.620 bits per heavy atom. The fourth-order valence-corrected chi connectivity index (χ4v) is 17.5. The van der Waals surface area contributed by atoms with Crippen LogP contribution in [0.15, 0.2) is 266 Å². The molecule has 0 saturated carbocycles. The highest BCUT2D eigenvalue weighted by atomic mass is 32.1.